The molecule has 0 spiro atoms. The standard InChI is InChI=1S/C12H18N2/c1-9-4-2-6-12-11(9)8-10(14-12)5-3-7-13/h2,4,6,10,14H,3,5,7-8,13H2,1H3. The van der Waals surface area contributed by atoms with Gasteiger partial charge in [0.25, 0.3) is 0 Å². The van der Waals surface area contributed by atoms with Gasteiger partial charge in [-0.2, -0.15) is 0 Å². The van der Waals surface area contributed by atoms with E-state index in [0.717, 1.165) is 13.0 Å². The minimum atomic E-state index is 0.606. The van der Waals surface area contributed by atoms with Crippen molar-refractivity contribution in [3.05, 3.63) is 29.3 Å². The maximum atomic E-state index is 5.51. The first kappa shape index (κ1) is 9.53. The monoisotopic (exact) mass is 190 g/mol. The summed E-state index contributed by atoms with van der Waals surface area (Å²) in [6, 6.07) is 7.08. The van der Waals surface area contributed by atoms with Crippen molar-refractivity contribution in [2.75, 3.05) is 11.9 Å². The van der Waals surface area contributed by atoms with Gasteiger partial charge in [-0.15, -0.1) is 0 Å². The minimum absolute atomic E-state index is 0.606. The van der Waals surface area contributed by atoms with E-state index in [4.69, 9.17) is 5.73 Å². The van der Waals surface area contributed by atoms with Gasteiger partial charge >= 0.3 is 0 Å². The minimum Gasteiger partial charge on any atom is -0.382 e. The molecular weight excluding hydrogens is 172 g/mol. The van der Waals surface area contributed by atoms with Gasteiger partial charge in [0.05, 0.1) is 0 Å². The van der Waals surface area contributed by atoms with Crippen molar-refractivity contribution in [3.63, 3.8) is 0 Å². The van der Waals surface area contributed by atoms with Crippen LogP contribution in [0.15, 0.2) is 18.2 Å². The molecular formula is C12H18N2. The molecule has 0 aliphatic carbocycles. The highest BCUT2D eigenvalue weighted by molar-refractivity contribution is 5.59. The molecule has 2 nitrogen and oxygen atoms in total. The highest BCUT2D eigenvalue weighted by atomic mass is 14.9. The fourth-order valence-electron chi connectivity index (χ4n) is 2.16. The average molecular weight is 190 g/mol. The molecule has 2 heteroatoms. The first-order valence-corrected chi connectivity index (χ1v) is 5.36. The quantitative estimate of drug-likeness (QED) is 0.765. The fraction of sp³-hybridized carbons (Fsp3) is 0.500. The third-order valence-corrected chi connectivity index (χ3v) is 2.98. The summed E-state index contributed by atoms with van der Waals surface area (Å²) in [5.74, 6) is 0. The summed E-state index contributed by atoms with van der Waals surface area (Å²) in [6.45, 7) is 2.99. The lowest BCUT2D eigenvalue weighted by atomic mass is 10.0. The predicted molar refractivity (Wildman–Crippen MR) is 60.6 cm³/mol. The molecule has 1 aliphatic rings. The van der Waals surface area contributed by atoms with Gasteiger partial charge in [-0.25, -0.2) is 0 Å². The molecule has 14 heavy (non-hydrogen) atoms. The number of fused-ring (bicyclic) bond motifs is 1. The Kier molecular flexibility index (Phi) is 2.73. The lowest BCUT2D eigenvalue weighted by Gasteiger charge is -2.09. The Balaban J connectivity index is 2.06. The van der Waals surface area contributed by atoms with Crippen LogP contribution in [-0.2, 0) is 6.42 Å². The van der Waals surface area contributed by atoms with Gasteiger partial charge in [0.2, 0.25) is 0 Å². The van der Waals surface area contributed by atoms with E-state index in [9.17, 15) is 0 Å². The Labute approximate surface area is 85.5 Å². The van der Waals surface area contributed by atoms with E-state index in [1.807, 2.05) is 0 Å². The zero-order valence-corrected chi connectivity index (χ0v) is 8.72. The number of rotatable bonds is 3. The summed E-state index contributed by atoms with van der Waals surface area (Å²) in [5.41, 5.74) is 9.74. The molecule has 1 unspecified atom stereocenters. The Morgan fingerprint density at radius 1 is 1.50 bits per heavy atom. The van der Waals surface area contributed by atoms with E-state index >= 15 is 0 Å². The molecule has 1 aromatic carbocycles. The van der Waals surface area contributed by atoms with Crippen LogP contribution in [0.2, 0.25) is 0 Å². The molecule has 0 bridgehead atoms. The average Bonchev–Trinajstić information content (AvgIpc) is 2.59. The Hall–Kier alpha value is -1.02. The molecule has 0 aromatic heterocycles. The van der Waals surface area contributed by atoms with Gasteiger partial charge in [-0.05, 0) is 49.9 Å². The summed E-state index contributed by atoms with van der Waals surface area (Å²) in [5, 5.41) is 3.55. The van der Waals surface area contributed by atoms with Gasteiger partial charge in [0.15, 0.2) is 0 Å². The van der Waals surface area contributed by atoms with Crippen molar-refractivity contribution in [1.29, 1.82) is 0 Å². The molecule has 1 heterocycles. The molecule has 1 aromatic rings. The summed E-state index contributed by atoms with van der Waals surface area (Å²) < 4.78 is 0. The van der Waals surface area contributed by atoms with Crippen molar-refractivity contribution < 1.29 is 0 Å². The number of aryl methyl sites for hydroxylation is 1. The lowest BCUT2D eigenvalue weighted by molar-refractivity contribution is 0.638. The van der Waals surface area contributed by atoms with Gasteiger partial charge in [-0.3, -0.25) is 0 Å². The molecule has 3 N–H and O–H groups in total. The molecule has 1 aliphatic heterocycles. The van der Waals surface area contributed by atoms with E-state index in [0.29, 0.717) is 6.04 Å². The molecule has 0 fully saturated rings. The van der Waals surface area contributed by atoms with Crippen molar-refractivity contribution >= 4 is 5.69 Å². The number of nitrogens with two attached hydrogens (primary N) is 1. The maximum Gasteiger partial charge on any atom is 0.0378 e. The SMILES string of the molecule is Cc1cccc2c1CC(CCCN)N2. The summed E-state index contributed by atoms with van der Waals surface area (Å²) in [6.07, 6.45) is 3.47. The van der Waals surface area contributed by atoms with Crippen LogP contribution < -0.4 is 11.1 Å². The Bertz CT molecular complexity index is 320. The first-order valence-electron chi connectivity index (χ1n) is 5.36. The van der Waals surface area contributed by atoms with Crippen molar-refractivity contribution in [2.45, 2.75) is 32.2 Å². The van der Waals surface area contributed by atoms with Gasteiger partial charge < -0.3 is 11.1 Å². The van der Waals surface area contributed by atoms with Crippen LogP contribution in [0, 0.1) is 6.92 Å². The van der Waals surface area contributed by atoms with Crippen molar-refractivity contribution in [2.24, 2.45) is 5.73 Å². The van der Waals surface area contributed by atoms with E-state index in [2.05, 4.69) is 30.4 Å². The van der Waals surface area contributed by atoms with Crippen LogP contribution in [0.5, 0.6) is 0 Å². The maximum absolute atomic E-state index is 5.51. The smallest absolute Gasteiger partial charge is 0.0378 e. The normalized spacial score (nSPS) is 19.1. The van der Waals surface area contributed by atoms with E-state index < -0.39 is 0 Å². The third-order valence-electron chi connectivity index (χ3n) is 2.98. The number of benzene rings is 1. The number of hydrogen-bond acceptors (Lipinski definition) is 2. The van der Waals surface area contributed by atoms with Gasteiger partial charge in [0.1, 0.15) is 0 Å². The number of anilines is 1. The molecule has 0 saturated heterocycles. The van der Waals surface area contributed by atoms with Gasteiger partial charge in [0, 0.05) is 11.7 Å². The summed E-state index contributed by atoms with van der Waals surface area (Å²) >= 11 is 0. The molecule has 0 radical (unpaired) electrons. The van der Waals surface area contributed by atoms with Crippen molar-refractivity contribution in [1.82, 2.24) is 0 Å². The van der Waals surface area contributed by atoms with Crippen LogP contribution in [0.25, 0.3) is 0 Å². The summed E-state index contributed by atoms with van der Waals surface area (Å²) in [4.78, 5) is 0. The van der Waals surface area contributed by atoms with Crippen molar-refractivity contribution in [3.8, 4) is 0 Å². The van der Waals surface area contributed by atoms with Crippen LogP contribution in [0.1, 0.15) is 24.0 Å². The van der Waals surface area contributed by atoms with E-state index in [-0.39, 0.29) is 0 Å². The Morgan fingerprint density at radius 2 is 2.36 bits per heavy atom. The summed E-state index contributed by atoms with van der Waals surface area (Å²) in [7, 11) is 0. The molecule has 1 atom stereocenters. The highest BCUT2D eigenvalue weighted by Crippen LogP contribution is 2.29. The number of hydrogen-bond donors (Lipinski definition) is 2. The molecule has 76 valence electrons. The van der Waals surface area contributed by atoms with Crippen LogP contribution in [-0.4, -0.2) is 12.6 Å². The molecule has 0 amide bonds. The third kappa shape index (κ3) is 1.75. The second-order valence-electron chi connectivity index (χ2n) is 4.08. The largest absolute Gasteiger partial charge is 0.382 e. The second kappa shape index (κ2) is 4.01. The van der Waals surface area contributed by atoms with Crippen LogP contribution in [0.3, 0.4) is 0 Å². The Morgan fingerprint density at radius 3 is 3.07 bits per heavy atom. The van der Waals surface area contributed by atoms with Crippen LogP contribution >= 0.6 is 0 Å². The van der Waals surface area contributed by atoms with Gasteiger partial charge in [-0.1, -0.05) is 12.1 Å². The van der Waals surface area contributed by atoms with E-state index in [1.54, 1.807) is 0 Å². The second-order valence-corrected chi connectivity index (χ2v) is 4.08. The van der Waals surface area contributed by atoms with E-state index in [1.165, 1.54) is 29.7 Å². The fourth-order valence-corrected chi connectivity index (χ4v) is 2.16. The van der Waals surface area contributed by atoms with Crippen LogP contribution in [0.4, 0.5) is 5.69 Å². The predicted octanol–water partition coefficient (Wildman–Crippen LogP) is 2.07. The highest BCUT2D eigenvalue weighted by Gasteiger charge is 2.20. The molecule has 0 saturated carbocycles. The molecule has 2 rings (SSSR count). The first-order chi connectivity index (χ1) is 6.81. The number of nitrogens with one attached hydrogen (secondary N) is 1. The zero-order valence-electron chi connectivity index (χ0n) is 8.72. The lowest BCUT2D eigenvalue weighted by Crippen LogP contribution is -2.16. The zero-order chi connectivity index (χ0) is 9.97. The topological polar surface area (TPSA) is 38.0 Å².